The van der Waals surface area contributed by atoms with E-state index in [4.69, 9.17) is 0 Å². The molecule has 0 saturated carbocycles. The number of carbonyl (C=O) groups is 3. The number of aromatic amines is 1. The van der Waals surface area contributed by atoms with Crippen LogP contribution in [0.2, 0.25) is 0 Å². The van der Waals surface area contributed by atoms with Crippen molar-refractivity contribution in [2.24, 2.45) is 0 Å². The van der Waals surface area contributed by atoms with Crippen LogP contribution in [0.4, 0.5) is 0 Å². The molecule has 0 fully saturated rings. The SMILES string of the molecule is Cc1cccc(C(=O)NCC(=O)NNC(=O)c2ccc[nH]2)c1. The molecule has 0 aliphatic carbocycles. The van der Waals surface area contributed by atoms with Gasteiger partial charge < -0.3 is 10.3 Å². The summed E-state index contributed by atoms with van der Waals surface area (Å²) in [6.07, 6.45) is 1.60. The van der Waals surface area contributed by atoms with Crippen molar-refractivity contribution in [1.82, 2.24) is 21.2 Å². The van der Waals surface area contributed by atoms with Crippen molar-refractivity contribution in [3.63, 3.8) is 0 Å². The summed E-state index contributed by atoms with van der Waals surface area (Å²) < 4.78 is 0. The number of amides is 3. The first-order valence-corrected chi connectivity index (χ1v) is 6.63. The van der Waals surface area contributed by atoms with Gasteiger partial charge in [-0.05, 0) is 31.2 Å². The molecule has 1 aromatic heterocycles. The minimum absolute atomic E-state index is 0.238. The maximum atomic E-state index is 11.8. The van der Waals surface area contributed by atoms with Crippen molar-refractivity contribution in [3.05, 3.63) is 59.4 Å². The van der Waals surface area contributed by atoms with Gasteiger partial charge in [-0.3, -0.25) is 25.2 Å². The van der Waals surface area contributed by atoms with Crippen LogP contribution in [0.5, 0.6) is 0 Å². The van der Waals surface area contributed by atoms with E-state index in [0.29, 0.717) is 11.3 Å². The fourth-order valence-electron chi connectivity index (χ4n) is 1.76. The average molecular weight is 300 g/mol. The zero-order valence-corrected chi connectivity index (χ0v) is 12.0. The molecule has 2 aromatic rings. The Kier molecular flexibility index (Phi) is 4.92. The molecule has 0 unspecified atom stereocenters. The quantitative estimate of drug-likeness (QED) is 0.619. The third-order valence-corrected chi connectivity index (χ3v) is 2.85. The molecule has 0 saturated heterocycles. The number of carbonyl (C=O) groups excluding carboxylic acids is 3. The number of H-pyrrole nitrogens is 1. The Morgan fingerprint density at radius 3 is 2.55 bits per heavy atom. The summed E-state index contributed by atoms with van der Waals surface area (Å²) >= 11 is 0. The molecule has 7 heteroatoms. The number of aryl methyl sites for hydroxylation is 1. The normalized spacial score (nSPS) is 9.86. The molecular formula is C15H16N4O3. The summed E-state index contributed by atoms with van der Waals surface area (Å²) in [6, 6.07) is 10.3. The van der Waals surface area contributed by atoms with Gasteiger partial charge in [0.25, 0.3) is 17.7 Å². The van der Waals surface area contributed by atoms with Crippen LogP contribution in [-0.4, -0.2) is 29.3 Å². The number of aromatic nitrogens is 1. The molecular weight excluding hydrogens is 284 g/mol. The number of benzene rings is 1. The molecule has 0 radical (unpaired) electrons. The molecule has 0 aliphatic rings. The highest BCUT2D eigenvalue weighted by Gasteiger charge is 2.10. The molecule has 7 nitrogen and oxygen atoms in total. The first-order chi connectivity index (χ1) is 10.6. The lowest BCUT2D eigenvalue weighted by Gasteiger charge is -2.08. The van der Waals surface area contributed by atoms with Crippen LogP contribution in [0, 0.1) is 6.92 Å². The second-order valence-electron chi connectivity index (χ2n) is 4.64. The predicted octanol–water partition coefficient (Wildman–Crippen LogP) is 0.514. The minimum Gasteiger partial charge on any atom is -0.357 e. The third-order valence-electron chi connectivity index (χ3n) is 2.85. The van der Waals surface area contributed by atoms with E-state index in [1.165, 1.54) is 0 Å². The lowest BCUT2D eigenvalue weighted by Crippen LogP contribution is -2.46. The lowest BCUT2D eigenvalue weighted by atomic mass is 10.1. The van der Waals surface area contributed by atoms with Crippen molar-refractivity contribution in [2.75, 3.05) is 6.54 Å². The van der Waals surface area contributed by atoms with Crippen LogP contribution < -0.4 is 16.2 Å². The van der Waals surface area contributed by atoms with Gasteiger partial charge in [-0.15, -0.1) is 0 Å². The van der Waals surface area contributed by atoms with Crippen LogP contribution in [0.3, 0.4) is 0 Å². The number of hydrazine groups is 1. The van der Waals surface area contributed by atoms with Crippen molar-refractivity contribution < 1.29 is 14.4 Å². The fraction of sp³-hybridized carbons (Fsp3) is 0.133. The summed E-state index contributed by atoms with van der Waals surface area (Å²) in [5.74, 6) is -1.35. The zero-order chi connectivity index (χ0) is 15.9. The minimum atomic E-state index is -0.527. The summed E-state index contributed by atoms with van der Waals surface area (Å²) in [4.78, 5) is 37.7. The first kappa shape index (κ1) is 15.3. The third kappa shape index (κ3) is 4.20. The Balaban J connectivity index is 1.76. The van der Waals surface area contributed by atoms with Crippen LogP contribution in [0.1, 0.15) is 26.4 Å². The molecule has 2 rings (SSSR count). The first-order valence-electron chi connectivity index (χ1n) is 6.63. The van der Waals surface area contributed by atoms with E-state index in [1.807, 2.05) is 13.0 Å². The highest BCUT2D eigenvalue weighted by Crippen LogP contribution is 2.03. The number of hydrogen-bond acceptors (Lipinski definition) is 3. The monoisotopic (exact) mass is 300 g/mol. The molecule has 0 spiro atoms. The van der Waals surface area contributed by atoms with Crippen molar-refractivity contribution in [3.8, 4) is 0 Å². The van der Waals surface area contributed by atoms with Crippen molar-refractivity contribution >= 4 is 17.7 Å². The van der Waals surface area contributed by atoms with Gasteiger partial charge in [-0.25, -0.2) is 0 Å². The highest BCUT2D eigenvalue weighted by atomic mass is 16.2. The maximum Gasteiger partial charge on any atom is 0.286 e. The molecule has 114 valence electrons. The topological polar surface area (TPSA) is 103 Å². The van der Waals surface area contributed by atoms with Crippen LogP contribution in [-0.2, 0) is 4.79 Å². The Hall–Kier alpha value is -3.09. The summed E-state index contributed by atoms with van der Waals surface area (Å²) in [5, 5.41) is 2.47. The smallest absolute Gasteiger partial charge is 0.286 e. The van der Waals surface area contributed by atoms with Gasteiger partial charge in [0, 0.05) is 11.8 Å². The maximum absolute atomic E-state index is 11.8. The summed E-state index contributed by atoms with van der Waals surface area (Å²) in [5.41, 5.74) is 6.20. The Morgan fingerprint density at radius 1 is 1.05 bits per heavy atom. The highest BCUT2D eigenvalue weighted by molar-refractivity contribution is 5.97. The van der Waals surface area contributed by atoms with Crippen molar-refractivity contribution in [1.29, 1.82) is 0 Å². The molecule has 1 heterocycles. The zero-order valence-electron chi connectivity index (χ0n) is 12.0. The summed E-state index contributed by atoms with van der Waals surface area (Å²) in [7, 11) is 0. The fourth-order valence-corrected chi connectivity index (χ4v) is 1.76. The summed E-state index contributed by atoms with van der Waals surface area (Å²) in [6.45, 7) is 1.64. The molecule has 0 bridgehead atoms. The van der Waals surface area contributed by atoms with Gasteiger partial charge in [-0.1, -0.05) is 17.7 Å². The predicted molar refractivity (Wildman–Crippen MR) is 79.9 cm³/mol. The van der Waals surface area contributed by atoms with Crippen LogP contribution in [0.25, 0.3) is 0 Å². The van der Waals surface area contributed by atoms with Gasteiger partial charge in [0.2, 0.25) is 0 Å². The van der Waals surface area contributed by atoms with Gasteiger partial charge in [-0.2, -0.15) is 0 Å². The van der Waals surface area contributed by atoms with E-state index in [0.717, 1.165) is 5.56 Å². The second kappa shape index (κ2) is 7.07. The standard InChI is InChI=1S/C15H16N4O3/c1-10-4-2-5-11(8-10)14(21)17-9-13(20)18-19-15(22)12-6-3-7-16-12/h2-8,16H,9H2,1H3,(H,17,21)(H,18,20)(H,19,22). The van der Waals surface area contributed by atoms with Gasteiger partial charge in [0.15, 0.2) is 0 Å². The second-order valence-corrected chi connectivity index (χ2v) is 4.64. The molecule has 1 aromatic carbocycles. The van der Waals surface area contributed by atoms with Gasteiger partial charge in [0.05, 0.1) is 6.54 Å². The largest absolute Gasteiger partial charge is 0.357 e. The van der Waals surface area contributed by atoms with Gasteiger partial charge >= 0.3 is 0 Å². The molecule has 0 atom stereocenters. The van der Waals surface area contributed by atoms with E-state index in [9.17, 15) is 14.4 Å². The van der Waals surface area contributed by atoms with E-state index in [2.05, 4.69) is 21.2 Å². The molecule has 4 N–H and O–H groups in total. The lowest BCUT2D eigenvalue weighted by molar-refractivity contribution is -0.120. The van der Waals surface area contributed by atoms with E-state index in [-0.39, 0.29) is 12.5 Å². The molecule has 3 amide bonds. The number of hydrogen-bond donors (Lipinski definition) is 4. The number of nitrogens with one attached hydrogen (secondary N) is 4. The molecule has 0 aliphatic heterocycles. The van der Waals surface area contributed by atoms with Gasteiger partial charge in [0.1, 0.15) is 5.69 Å². The van der Waals surface area contributed by atoms with E-state index < -0.39 is 11.8 Å². The van der Waals surface area contributed by atoms with Crippen LogP contribution in [0.15, 0.2) is 42.6 Å². The van der Waals surface area contributed by atoms with E-state index in [1.54, 1.807) is 36.5 Å². The average Bonchev–Trinajstić information content (AvgIpc) is 3.04. The Labute approximate surface area is 127 Å². The molecule has 22 heavy (non-hydrogen) atoms. The number of rotatable bonds is 4. The Morgan fingerprint density at radius 2 is 1.86 bits per heavy atom. The Bertz CT molecular complexity index is 680. The van der Waals surface area contributed by atoms with E-state index >= 15 is 0 Å². The van der Waals surface area contributed by atoms with Crippen molar-refractivity contribution in [2.45, 2.75) is 6.92 Å². The van der Waals surface area contributed by atoms with Crippen LogP contribution >= 0.6 is 0 Å².